The number of carbonyl (C=O) groups is 1. The molecular formula is C16H10F4O. The van der Waals surface area contributed by atoms with Gasteiger partial charge >= 0.3 is 6.18 Å². The summed E-state index contributed by atoms with van der Waals surface area (Å²) in [6, 6.07) is 11.8. The number of hydrogen-bond donors (Lipinski definition) is 0. The van der Waals surface area contributed by atoms with Crippen molar-refractivity contribution in [3.05, 3.63) is 77.1 Å². The fraction of sp³-hybridized carbons (Fsp3) is 0.0625. The Kier molecular flexibility index (Phi) is 4.21. The Morgan fingerprint density at radius 3 is 2.19 bits per heavy atom. The highest BCUT2D eigenvalue weighted by Crippen LogP contribution is 2.30. The molecule has 2 rings (SSSR count). The van der Waals surface area contributed by atoms with E-state index in [0.29, 0.717) is 6.08 Å². The molecule has 0 N–H and O–H groups in total. The molecule has 0 fully saturated rings. The molecule has 0 amide bonds. The van der Waals surface area contributed by atoms with Crippen LogP contribution in [0.25, 0.3) is 6.08 Å². The van der Waals surface area contributed by atoms with E-state index in [9.17, 15) is 22.4 Å². The predicted molar refractivity (Wildman–Crippen MR) is 71.2 cm³/mol. The van der Waals surface area contributed by atoms with E-state index in [2.05, 4.69) is 0 Å². The van der Waals surface area contributed by atoms with Crippen molar-refractivity contribution in [2.45, 2.75) is 6.18 Å². The zero-order chi connectivity index (χ0) is 15.5. The third-order valence-corrected chi connectivity index (χ3v) is 2.75. The van der Waals surface area contributed by atoms with E-state index in [1.807, 2.05) is 0 Å². The van der Waals surface area contributed by atoms with Gasteiger partial charge in [-0.25, -0.2) is 4.39 Å². The lowest BCUT2D eigenvalue weighted by Gasteiger charge is -2.11. The molecular weight excluding hydrogens is 284 g/mol. The molecule has 0 saturated carbocycles. The van der Waals surface area contributed by atoms with E-state index < -0.39 is 23.3 Å². The maximum absolute atomic E-state index is 13.1. The molecule has 1 nitrogen and oxygen atoms in total. The standard InChI is InChI=1S/C16H10F4O/c17-13-8-4-5-11(9-13)10-14(16(18,19)20)15(21)12-6-2-1-3-7-12/h1-10H/b14-10+. The third kappa shape index (κ3) is 3.78. The van der Waals surface area contributed by atoms with Crippen LogP contribution in [0.4, 0.5) is 17.6 Å². The number of carbonyl (C=O) groups excluding carboxylic acids is 1. The van der Waals surface area contributed by atoms with E-state index in [1.54, 1.807) is 6.07 Å². The fourth-order valence-corrected chi connectivity index (χ4v) is 1.78. The van der Waals surface area contributed by atoms with Gasteiger partial charge in [-0.15, -0.1) is 0 Å². The van der Waals surface area contributed by atoms with Crippen LogP contribution in [0.3, 0.4) is 0 Å². The number of alkyl halides is 3. The SMILES string of the molecule is O=C(/C(=C\c1cccc(F)c1)C(F)(F)F)c1ccccc1. The summed E-state index contributed by atoms with van der Waals surface area (Å²) in [7, 11) is 0. The molecule has 0 spiro atoms. The molecule has 0 radical (unpaired) electrons. The van der Waals surface area contributed by atoms with Crippen LogP contribution >= 0.6 is 0 Å². The number of Topliss-reactive ketones (excluding diaryl/α,β-unsaturated/α-hetero) is 1. The molecule has 0 aliphatic heterocycles. The molecule has 0 heterocycles. The van der Waals surface area contributed by atoms with Gasteiger partial charge in [0.1, 0.15) is 11.4 Å². The van der Waals surface area contributed by atoms with Crippen molar-refractivity contribution in [3.8, 4) is 0 Å². The lowest BCUT2D eigenvalue weighted by molar-refractivity contribution is -0.0878. The predicted octanol–water partition coefficient (Wildman–Crippen LogP) is 4.65. The van der Waals surface area contributed by atoms with Gasteiger partial charge in [0.25, 0.3) is 0 Å². The van der Waals surface area contributed by atoms with Gasteiger partial charge in [-0.1, -0.05) is 42.5 Å². The third-order valence-electron chi connectivity index (χ3n) is 2.75. The van der Waals surface area contributed by atoms with Gasteiger partial charge in [-0.2, -0.15) is 13.2 Å². The summed E-state index contributed by atoms with van der Waals surface area (Å²) >= 11 is 0. The second kappa shape index (κ2) is 5.91. The van der Waals surface area contributed by atoms with E-state index in [4.69, 9.17) is 0 Å². The highest BCUT2D eigenvalue weighted by atomic mass is 19.4. The van der Waals surface area contributed by atoms with Crippen LogP contribution in [-0.4, -0.2) is 12.0 Å². The largest absolute Gasteiger partial charge is 0.420 e. The lowest BCUT2D eigenvalue weighted by Crippen LogP contribution is -2.20. The average molecular weight is 294 g/mol. The number of rotatable bonds is 3. The minimum Gasteiger partial charge on any atom is -0.289 e. The maximum Gasteiger partial charge on any atom is 0.420 e. The van der Waals surface area contributed by atoms with E-state index in [0.717, 1.165) is 12.1 Å². The van der Waals surface area contributed by atoms with Gasteiger partial charge in [0, 0.05) is 5.56 Å². The first kappa shape index (κ1) is 15.0. The summed E-state index contributed by atoms with van der Waals surface area (Å²) < 4.78 is 52.2. The van der Waals surface area contributed by atoms with Crippen LogP contribution in [0.1, 0.15) is 15.9 Å². The van der Waals surface area contributed by atoms with Gasteiger partial charge in [0.05, 0.1) is 0 Å². The van der Waals surface area contributed by atoms with Gasteiger partial charge in [0.2, 0.25) is 0 Å². The molecule has 2 aromatic rings. The number of ketones is 1. The average Bonchev–Trinajstić information content (AvgIpc) is 2.44. The molecule has 0 aliphatic rings. The Balaban J connectivity index is 2.47. The molecule has 108 valence electrons. The molecule has 2 aromatic carbocycles. The van der Waals surface area contributed by atoms with E-state index in [-0.39, 0.29) is 11.1 Å². The smallest absolute Gasteiger partial charge is 0.289 e. The number of hydrogen-bond acceptors (Lipinski definition) is 1. The van der Waals surface area contributed by atoms with Gasteiger partial charge in [-0.3, -0.25) is 4.79 Å². The normalized spacial score (nSPS) is 12.3. The quantitative estimate of drug-likeness (QED) is 0.457. The maximum atomic E-state index is 13.1. The van der Waals surface area contributed by atoms with Crippen molar-refractivity contribution in [3.63, 3.8) is 0 Å². The summed E-state index contributed by atoms with van der Waals surface area (Å²) in [4.78, 5) is 12.0. The topological polar surface area (TPSA) is 17.1 Å². The van der Waals surface area contributed by atoms with E-state index >= 15 is 0 Å². The van der Waals surface area contributed by atoms with Gasteiger partial charge < -0.3 is 0 Å². The zero-order valence-corrected chi connectivity index (χ0v) is 10.7. The summed E-state index contributed by atoms with van der Waals surface area (Å²) in [5, 5.41) is 0. The summed E-state index contributed by atoms with van der Waals surface area (Å²) in [6.45, 7) is 0. The summed E-state index contributed by atoms with van der Waals surface area (Å²) in [5.41, 5.74) is -1.43. The van der Waals surface area contributed by atoms with Crippen LogP contribution in [-0.2, 0) is 0 Å². The molecule has 0 aliphatic carbocycles. The van der Waals surface area contributed by atoms with Crippen LogP contribution in [0, 0.1) is 5.82 Å². The zero-order valence-electron chi connectivity index (χ0n) is 10.7. The number of allylic oxidation sites excluding steroid dienone is 1. The summed E-state index contributed by atoms with van der Waals surface area (Å²) in [6.07, 6.45) is -4.17. The van der Waals surface area contributed by atoms with Crippen molar-refractivity contribution in [2.24, 2.45) is 0 Å². The first-order chi connectivity index (χ1) is 9.88. The minimum atomic E-state index is -4.82. The van der Waals surface area contributed by atoms with Crippen LogP contribution in [0.2, 0.25) is 0 Å². The van der Waals surface area contributed by atoms with Crippen molar-refractivity contribution >= 4 is 11.9 Å². The lowest BCUT2D eigenvalue weighted by atomic mass is 10.0. The Hall–Kier alpha value is -2.43. The Labute approximate surface area is 118 Å². The second-order valence-corrected chi connectivity index (χ2v) is 4.31. The number of benzene rings is 2. The van der Waals surface area contributed by atoms with Crippen molar-refractivity contribution < 1.29 is 22.4 Å². The molecule has 0 atom stereocenters. The van der Waals surface area contributed by atoms with Crippen molar-refractivity contribution in [1.82, 2.24) is 0 Å². The molecule has 0 saturated heterocycles. The molecule has 21 heavy (non-hydrogen) atoms. The van der Waals surface area contributed by atoms with Crippen molar-refractivity contribution in [1.29, 1.82) is 0 Å². The monoisotopic (exact) mass is 294 g/mol. The first-order valence-corrected chi connectivity index (χ1v) is 6.02. The highest BCUT2D eigenvalue weighted by Gasteiger charge is 2.38. The Bertz CT molecular complexity index is 672. The first-order valence-electron chi connectivity index (χ1n) is 6.02. The Morgan fingerprint density at radius 1 is 0.952 bits per heavy atom. The molecule has 0 bridgehead atoms. The Morgan fingerprint density at radius 2 is 1.62 bits per heavy atom. The highest BCUT2D eigenvalue weighted by molar-refractivity contribution is 6.12. The van der Waals surface area contributed by atoms with Crippen LogP contribution < -0.4 is 0 Å². The number of halogens is 4. The summed E-state index contributed by atoms with van der Waals surface area (Å²) in [5.74, 6) is -1.82. The van der Waals surface area contributed by atoms with Gasteiger partial charge in [0.15, 0.2) is 5.78 Å². The van der Waals surface area contributed by atoms with Crippen molar-refractivity contribution in [2.75, 3.05) is 0 Å². The minimum absolute atomic E-state index is 0.0217. The second-order valence-electron chi connectivity index (χ2n) is 4.31. The molecule has 0 aromatic heterocycles. The van der Waals surface area contributed by atoms with Crippen LogP contribution in [0.15, 0.2) is 60.2 Å². The van der Waals surface area contributed by atoms with E-state index in [1.165, 1.54) is 36.4 Å². The molecule has 5 heteroatoms. The van der Waals surface area contributed by atoms with Gasteiger partial charge in [-0.05, 0) is 23.8 Å². The fourth-order valence-electron chi connectivity index (χ4n) is 1.78. The molecule has 0 unspecified atom stereocenters. The van der Waals surface area contributed by atoms with Crippen LogP contribution in [0.5, 0.6) is 0 Å².